The zero-order chi connectivity index (χ0) is 43.7. The van der Waals surface area contributed by atoms with Crippen molar-refractivity contribution in [3.05, 3.63) is 58.2 Å². The molecule has 16 heteroatoms. The Morgan fingerprint density at radius 1 is 1.16 bits per heavy atom. The van der Waals surface area contributed by atoms with Crippen LogP contribution in [0, 0.1) is 11.3 Å². The van der Waals surface area contributed by atoms with E-state index >= 15 is 0 Å². The Balaban J connectivity index is 1.28. The molecule has 2 N–H and O–H groups in total. The van der Waals surface area contributed by atoms with Crippen molar-refractivity contribution in [2.45, 2.75) is 104 Å². The van der Waals surface area contributed by atoms with Crippen LogP contribution in [0.3, 0.4) is 0 Å². The highest BCUT2D eigenvalue weighted by Crippen LogP contribution is 2.42. The number of ether oxygens (including phenoxy) is 3. The molecule has 0 unspecified atom stereocenters. The molecule has 0 aliphatic carbocycles. The first-order valence-corrected chi connectivity index (χ1v) is 22.2. The van der Waals surface area contributed by atoms with Crippen molar-refractivity contribution in [3.63, 3.8) is 0 Å². The molecular formula is C45H60N8O7S. The number of aryl methyl sites for hydroxylation is 1. The quantitative estimate of drug-likeness (QED) is 0.202. The molecule has 2 saturated heterocycles. The third-order valence-corrected chi connectivity index (χ3v) is 12.9. The number of likely N-dealkylation sites (tertiary alicyclic amines) is 1. The summed E-state index contributed by atoms with van der Waals surface area (Å²) in [7, 11) is 5.18. The van der Waals surface area contributed by atoms with Crippen LogP contribution in [0.5, 0.6) is 0 Å². The predicted octanol–water partition coefficient (Wildman–Crippen LogP) is 5.61. The lowest BCUT2D eigenvalue weighted by atomic mass is 9.84. The van der Waals surface area contributed by atoms with Crippen LogP contribution in [0.2, 0.25) is 0 Å². The molecule has 7 rings (SSSR count). The zero-order valence-corrected chi connectivity index (χ0v) is 37.6. The number of benzene rings is 1. The van der Waals surface area contributed by atoms with Crippen LogP contribution in [-0.2, 0) is 48.0 Å². The number of nitrogens with zero attached hydrogens (tertiary/aromatic N) is 6. The predicted molar refractivity (Wildman–Crippen MR) is 233 cm³/mol. The Kier molecular flexibility index (Phi) is 13.2. The minimum Gasteiger partial charge on any atom is -0.464 e. The van der Waals surface area contributed by atoms with Gasteiger partial charge in [-0.1, -0.05) is 33.8 Å². The Hall–Kier alpha value is -4.90. The normalized spacial score (nSPS) is 21.0. The maximum absolute atomic E-state index is 14.5. The average Bonchev–Trinajstić information content (AvgIpc) is 3.82. The van der Waals surface area contributed by atoms with E-state index in [-0.39, 0.29) is 31.2 Å². The highest BCUT2D eigenvalue weighted by Gasteiger charge is 2.39. The number of nitrogens with one attached hydrogen (secondary N) is 2. The van der Waals surface area contributed by atoms with Crippen molar-refractivity contribution < 1.29 is 33.4 Å². The largest absolute Gasteiger partial charge is 0.464 e. The number of methoxy groups -OCH3 is 1. The average molecular weight is 857 g/mol. The third-order valence-electron chi connectivity index (χ3n) is 12.1. The van der Waals surface area contributed by atoms with Crippen molar-refractivity contribution in [1.29, 1.82) is 0 Å². The number of pyridine rings is 1. The van der Waals surface area contributed by atoms with Gasteiger partial charge in [0.2, 0.25) is 5.91 Å². The van der Waals surface area contributed by atoms with E-state index in [0.29, 0.717) is 50.4 Å². The summed E-state index contributed by atoms with van der Waals surface area (Å²) in [6.45, 7) is 14.5. The van der Waals surface area contributed by atoms with E-state index in [1.807, 2.05) is 44.2 Å². The summed E-state index contributed by atoms with van der Waals surface area (Å²) in [5.41, 5.74) is 9.33. The summed E-state index contributed by atoms with van der Waals surface area (Å²) in [5.74, 6) is -1.64. The number of aromatic nitrogens is 3. The van der Waals surface area contributed by atoms with E-state index in [9.17, 15) is 19.2 Å². The Morgan fingerprint density at radius 2 is 1.93 bits per heavy atom. The molecule has 4 atom stereocenters. The van der Waals surface area contributed by atoms with Crippen LogP contribution >= 0.6 is 11.3 Å². The van der Waals surface area contributed by atoms with Gasteiger partial charge in [-0.15, -0.1) is 11.3 Å². The summed E-state index contributed by atoms with van der Waals surface area (Å²) in [4.78, 5) is 68.9. The van der Waals surface area contributed by atoms with Crippen LogP contribution < -0.4 is 10.7 Å². The Morgan fingerprint density at radius 3 is 2.64 bits per heavy atom. The van der Waals surface area contributed by atoms with Gasteiger partial charge in [-0.25, -0.2) is 15.2 Å². The van der Waals surface area contributed by atoms with Gasteiger partial charge >= 0.3 is 12.1 Å². The number of carbonyl (C=O) groups excluding carboxylic acids is 4. The fraction of sp³-hybridized carbons (Fsp3) is 0.556. The van der Waals surface area contributed by atoms with E-state index in [1.165, 1.54) is 21.2 Å². The SMILES string of the molecule is CCn1c(-c2cccnc2[C@H](C)OC)c2c3cc(ccc31)-c1csc(n1)C[C@H](NC(=O)[C@H](C(C)C)N(C)C(=O)OC1CN(C)C1)C(=O)N1CCC[C@H](N1)C(=O)OCC(C)(C)C2. The number of fused-ring (bicyclic) bond motifs is 6. The minimum absolute atomic E-state index is 0.0927. The lowest BCUT2D eigenvalue weighted by Crippen LogP contribution is -2.62. The number of carbonyl (C=O) groups is 4. The van der Waals surface area contributed by atoms with E-state index in [4.69, 9.17) is 24.2 Å². The number of cyclic esters (lactones) is 1. The van der Waals surface area contributed by atoms with Gasteiger partial charge in [0.05, 0.1) is 34.8 Å². The van der Waals surface area contributed by atoms with Crippen LogP contribution in [-0.4, -0.2) is 125 Å². The monoisotopic (exact) mass is 856 g/mol. The number of hydrazine groups is 1. The molecule has 328 valence electrons. The molecule has 0 saturated carbocycles. The molecule has 3 aliphatic rings. The van der Waals surface area contributed by atoms with Crippen LogP contribution in [0.1, 0.15) is 76.8 Å². The maximum Gasteiger partial charge on any atom is 0.410 e. The second kappa shape index (κ2) is 18.2. The van der Waals surface area contributed by atoms with E-state index in [1.54, 1.807) is 20.4 Å². The van der Waals surface area contributed by atoms with E-state index in [0.717, 1.165) is 44.7 Å². The molecule has 61 heavy (non-hydrogen) atoms. The second-order valence-corrected chi connectivity index (χ2v) is 18.7. The second-order valence-electron chi connectivity index (χ2n) is 17.8. The molecule has 6 heterocycles. The zero-order valence-electron chi connectivity index (χ0n) is 36.8. The van der Waals surface area contributed by atoms with E-state index < -0.39 is 47.4 Å². The fourth-order valence-electron chi connectivity index (χ4n) is 8.80. The van der Waals surface area contributed by atoms with Crippen molar-refractivity contribution in [1.82, 2.24) is 40.1 Å². The van der Waals surface area contributed by atoms with E-state index in [2.05, 4.69) is 60.3 Å². The number of amides is 3. The molecule has 3 aliphatic heterocycles. The van der Waals surface area contributed by atoms with Gasteiger partial charge < -0.3 is 24.1 Å². The first-order valence-electron chi connectivity index (χ1n) is 21.3. The van der Waals surface area contributed by atoms with Gasteiger partial charge in [0.1, 0.15) is 24.2 Å². The highest BCUT2D eigenvalue weighted by atomic mass is 32.1. The summed E-state index contributed by atoms with van der Waals surface area (Å²) in [6, 6.07) is 7.68. The lowest BCUT2D eigenvalue weighted by molar-refractivity contribution is -0.155. The van der Waals surface area contributed by atoms with Gasteiger partial charge in [0.25, 0.3) is 5.91 Å². The van der Waals surface area contributed by atoms with Gasteiger partial charge in [-0.05, 0) is 75.9 Å². The standard InChI is InChI=1S/C45H60N8O7S/c1-10-52-36-16-15-28-19-31(36)32(40(52)30-13-11-17-46-38(30)27(4)58-9)21-45(5,6)25-59-43(56)33-14-12-18-53(49-33)42(55)34(20-37-47-35(28)24-61-37)48-41(54)39(26(2)3)51(8)44(57)60-29-22-50(7)23-29/h11,13,15-17,19,24,26-27,29,33-34,39,49H,10,12,14,18,20-23,25H2,1-9H3,(H,48,54)/t27-,33-,34-,39-/m0/s1. The van der Waals surface area contributed by atoms with Gasteiger partial charge in [0.15, 0.2) is 0 Å². The van der Waals surface area contributed by atoms with Crippen molar-refractivity contribution in [2.24, 2.45) is 11.3 Å². The van der Waals surface area contributed by atoms with Crippen molar-refractivity contribution in [2.75, 3.05) is 47.4 Å². The third kappa shape index (κ3) is 9.32. The molecule has 4 aromatic rings. The molecule has 3 aromatic heterocycles. The topological polar surface area (TPSA) is 160 Å². The van der Waals surface area contributed by atoms with Gasteiger partial charge in [-0.3, -0.25) is 34.2 Å². The molecule has 0 spiro atoms. The highest BCUT2D eigenvalue weighted by molar-refractivity contribution is 7.10. The number of esters is 1. The molecule has 6 bridgehead atoms. The number of thiazole rings is 1. The van der Waals surface area contributed by atoms with Gasteiger partial charge in [0, 0.05) is 85.8 Å². The number of likely N-dealkylation sites (N-methyl/N-ethyl adjacent to an activating group) is 2. The van der Waals surface area contributed by atoms with Gasteiger partial charge in [-0.2, -0.15) is 0 Å². The molecule has 0 radical (unpaired) electrons. The Labute approximate surface area is 362 Å². The summed E-state index contributed by atoms with van der Waals surface area (Å²) >= 11 is 1.41. The molecule has 1 aromatic carbocycles. The summed E-state index contributed by atoms with van der Waals surface area (Å²) < 4.78 is 19.9. The van der Waals surface area contributed by atoms with Crippen molar-refractivity contribution in [3.8, 4) is 22.5 Å². The number of hydrogen-bond donors (Lipinski definition) is 2. The first kappa shape index (κ1) is 44.2. The first-order chi connectivity index (χ1) is 29.1. The summed E-state index contributed by atoms with van der Waals surface area (Å²) in [5, 5.41) is 8.10. The fourth-order valence-corrected chi connectivity index (χ4v) is 9.65. The molecule has 3 amide bonds. The molecule has 2 fully saturated rings. The maximum atomic E-state index is 14.5. The van der Waals surface area contributed by atoms with Crippen LogP contribution in [0.15, 0.2) is 41.9 Å². The Bertz CT molecular complexity index is 2270. The summed E-state index contributed by atoms with van der Waals surface area (Å²) in [6.07, 6.45) is 2.42. The molecule has 15 nitrogen and oxygen atoms in total. The van der Waals surface area contributed by atoms with Crippen molar-refractivity contribution >= 4 is 46.1 Å². The molecular weight excluding hydrogens is 797 g/mol. The smallest absolute Gasteiger partial charge is 0.410 e. The number of hydrogen-bond acceptors (Lipinski definition) is 12. The minimum atomic E-state index is -1.06. The number of rotatable bonds is 9. The lowest BCUT2D eigenvalue weighted by Gasteiger charge is -2.38. The van der Waals surface area contributed by atoms with Crippen LogP contribution in [0.25, 0.3) is 33.4 Å². The van der Waals surface area contributed by atoms with Crippen LogP contribution in [0.4, 0.5) is 4.79 Å².